The second-order valence-electron chi connectivity index (χ2n) is 8.74. The zero-order chi connectivity index (χ0) is 27.1. The molecule has 0 aliphatic heterocycles. The van der Waals surface area contributed by atoms with Gasteiger partial charge in [0.1, 0.15) is 29.2 Å². The summed E-state index contributed by atoms with van der Waals surface area (Å²) in [6, 6.07) is 6.82. The highest BCUT2D eigenvalue weighted by Gasteiger charge is 2.19. The SMILES string of the molecule is CCN(C(C)C)C(C)C.O=[N+]([O-])c1cnc(-c2cnc3ccc(F)cn23)nc1NCc1ccc(F)cn1. The van der Waals surface area contributed by atoms with Gasteiger partial charge in [0.2, 0.25) is 5.82 Å². The topological polar surface area (TPSA) is 114 Å². The Morgan fingerprint density at radius 2 is 1.70 bits per heavy atom. The molecule has 10 nitrogen and oxygen atoms in total. The lowest BCUT2D eigenvalue weighted by Crippen LogP contribution is -2.36. The first-order valence-corrected chi connectivity index (χ1v) is 11.8. The normalized spacial score (nSPS) is 11.2. The highest BCUT2D eigenvalue weighted by atomic mass is 19.1. The van der Waals surface area contributed by atoms with Crippen LogP contribution in [0.1, 0.15) is 40.3 Å². The number of anilines is 1. The molecule has 0 atom stereocenters. The summed E-state index contributed by atoms with van der Waals surface area (Å²) in [6.07, 6.45) is 4.77. The Bertz CT molecular complexity index is 1330. The zero-order valence-corrected chi connectivity index (χ0v) is 21.4. The van der Waals surface area contributed by atoms with Gasteiger partial charge in [-0.15, -0.1) is 0 Å². The van der Waals surface area contributed by atoms with Crippen LogP contribution in [0.2, 0.25) is 0 Å². The molecule has 12 heteroatoms. The average molecular weight is 513 g/mol. The number of pyridine rings is 2. The molecule has 0 bridgehead atoms. The van der Waals surface area contributed by atoms with Crippen LogP contribution in [0, 0.1) is 21.7 Å². The number of hydrogen-bond acceptors (Lipinski definition) is 8. The summed E-state index contributed by atoms with van der Waals surface area (Å²) in [6.45, 7) is 12.4. The lowest BCUT2D eigenvalue weighted by atomic mass is 10.2. The smallest absolute Gasteiger partial charge is 0.329 e. The maximum absolute atomic E-state index is 13.6. The van der Waals surface area contributed by atoms with E-state index in [0.717, 1.165) is 18.9 Å². The second-order valence-corrected chi connectivity index (χ2v) is 8.74. The molecule has 0 radical (unpaired) electrons. The van der Waals surface area contributed by atoms with Gasteiger partial charge in [-0.25, -0.2) is 23.7 Å². The minimum atomic E-state index is -0.627. The first-order valence-electron chi connectivity index (χ1n) is 11.8. The first-order chi connectivity index (χ1) is 17.6. The summed E-state index contributed by atoms with van der Waals surface area (Å²) < 4.78 is 28.0. The van der Waals surface area contributed by atoms with Crippen LogP contribution in [-0.4, -0.2) is 52.8 Å². The Hall–Kier alpha value is -4.06. The van der Waals surface area contributed by atoms with Crippen molar-refractivity contribution in [1.29, 1.82) is 0 Å². The molecule has 37 heavy (non-hydrogen) atoms. The maximum atomic E-state index is 13.6. The number of nitrogens with zero attached hydrogens (tertiary/aromatic N) is 7. The van der Waals surface area contributed by atoms with E-state index in [0.29, 0.717) is 29.1 Å². The van der Waals surface area contributed by atoms with Crippen molar-refractivity contribution in [3.63, 3.8) is 0 Å². The molecule has 4 rings (SSSR count). The van der Waals surface area contributed by atoms with E-state index in [1.807, 2.05) is 0 Å². The molecular formula is C25H30F2N8O2. The molecule has 0 aromatic carbocycles. The van der Waals surface area contributed by atoms with Crippen molar-refractivity contribution < 1.29 is 13.7 Å². The van der Waals surface area contributed by atoms with Crippen molar-refractivity contribution >= 4 is 17.2 Å². The molecule has 0 aliphatic rings. The standard InChI is InChI=1S/C17H11F2N7O2.C8H19N/c18-10-1-3-12(20-5-10)6-22-17-14(26(27)28)8-23-16(24-17)13-7-21-15-4-2-11(19)9-25(13)15;1-6-9(7(2)3)8(4)5/h1-5,7-9H,6H2,(H,22,23,24);7-8H,6H2,1-5H3. The summed E-state index contributed by atoms with van der Waals surface area (Å²) in [5, 5.41) is 14.1. The van der Waals surface area contributed by atoms with Gasteiger partial charge in [0, 0.05) is 18.3 Å². The van der Waals surface area contributed by atoms with Gasteiger partial charge in [-0.1, -0.05) is 6.92 Å². The van der Waals surface area contributed by atoms with Crippen LogP contribution in [-0.2, 0) is 6.54 Å². The van der Waals surface area contributed by atoms with Crippen LogP contribution in [0.25, 0.3) is 17.2 Å². The fourth-order valence-corrected chi connectivity index (χ4v) is 3.89. The van der Waals surface area contributed by atoms with Crippen molar-refractivity contribution in [1.82, 2.24) is 29.2 Å². The van der Waals surface area contributed by atoms with Gasteiger partial charge in [-0.3, -0.25) is 24.4 Å². The number of rotatable bonds is 8. The zero-order valence-electron chi connectivity index (χ0n) is 21.4. The van der Waals surface area contributed by atoms with E-state index in [9.17, 15) is 18.9 Å². The predicted molar refractivity (Wildman–Crippen MR) is 137 cm³/mol. The van der Waals surface area contributed by atoms with Crippen LogP contribution >= 0.6 is 0 Å². The summed E-state index contributed by atoms with van der Waals surface area (Å²) in [5.41, 5.74) is 0.967. The molecule has 0 aliphatic carbocycles. The van der Waals surface area contributed by atoms with E-state index in [2.05, 4.69) is 64.8 Å². The lowest BCUT2D eigenvalue weighted by Gasteiger charge is -2.28. The average Bonchev–Trinajstić information content (AvgIpc) is 3.27. The van der Waals surface area contributed by atoms with Crippen molar-refractivity contribution in [2.45, 2.75) is 53.2 Å². The van der Waals surface area contributed by atoms with Gasteiger partial charge in [-0.2, -0.15) is 0 Å². The van der Waals surface area contributed by atoms with E-state index in [1.165, 1.54) is 41.1 Å². The van der Waals surface area contributed by atoms with Crippen LogP contribution < -0.4 is 5.32 Å². The predicted octanol–water partition coefficient (Wildman–Crippen LogP) is 5.11. The Morgan fingerprint density at radius 3 is 2.27 bits per heavy atom. The van der Waals surface area contributed by atoms with Gasteiger partial charge in [-0.05, 0) is 58.5 Å². The van der Waals surface area contributed by atoms with Gasteiger partial charge >= 0.3 is 5.69 Å². The number of nitro groups is 1. The maximum Gasteiger partial charge on any atom is 0.329 e. The first kappa shape index (κ1) is 27.5. The van der Waals surface area contributed by atoms with E-state index >= 15 is 0 Å². The minimum Gasteiger partial charge on any atom is -0.359 e. The van der Waals surface area contributed by atoms with E-state index < -0.39 is 16.6 Å². The summed E-state index contributed by atoms with van der Waals surface area (Å²) in [5.74, 6) is -0.890. The number of fused-ring (bicyclic) bond motifs is 1. The monoisotopic (exact) mass is 512 g/mol. The van der Waals surface area contributed by atoms with Crippen LogP contribution in [0.3, 0.4) is 0 Å². The number of aromatic nitrogens is 5. The molecule has 0 saturated heterocycles. The number of nitrogens with one attached hydrogen (secondary N) is 1. The van der Waals surface area contributed by atoms with Crippen LogP contribution in [0.15, 0.2) is 49.1 Å². The van der Waals surface area contributed by atoms with E-state index in [4.69, 9.17) is 0 Å². The lowest BCUT2D eigenvalue weighted by molar-refractivity contribution is -0.384. The summed E-state index contributed by atoms with van der Waals surface area (Å²) >= 11 is 0. The third-order valence-electron chi connectivity index (χ3n) is 5.58. The largest absolute Gasteiger partial charge is 0.359 e. The van der Waals surface area contributed by atoms with Gasteiger partial charge < -0.3 is 5.32 Å². The minimum absolute atomic E-state index is 0.0486. The Labute approximate surface area is 213 Å². The van der Waals surface area contributed by atoms with Gasteiger partial charge in [0.25, 0.3) is 0 Å². The number of hydrogen-bond donors (Lipinski definition) is 1. The van der Waals surface area contributed by atoms with Crippen LogP contribution in [0.5, 0.6) is 0 Å². The molecule has 0 fully saturated rings. The summed E-state index contributed by atoms with van der Waals surface area (Å²) in [4.78, 5) is 29.4. The van der Waals surface area contributed by atoms with E-state index in [1.54, 1.807) is 0 Å². The van der Waals surface area contributed by atoms with Crippen molar-refractivity contribution in [2.75, 3.05) is 11.9 Å². The highest BCUT2D eigenvalue weighted by molar-refractivity contribution is 5.63. The molecule has 4 heterocycles. The molecule has 0 spiro atoms. The third kappa shape index (κ3) is 7.00. The number of imidazole rings is 1. The van der Waals surface area contributed by atoms with Crippen molar-refractivity contribution in [3.8, 4) is 11.5 Å². The summed E-state index contributed by atoms with van der Waals surface area (Å²) in [7, 11) is 0. The third-order valence-corrected chi connectivity index (χ3v) is 5.58. The molecule has 0 amide bonds. The van der Waals surface area contributed by atoms with Crippen molar-refractivity contribution in [2.24, 2.45) is 0 Å². The molecule has 196 valence electrons. The Kier molecular flexibility index (Phi) is 9.12. The molecular weight excluding hydrogens is 482 g/mol. The van der Waals surface area contributed by atoms with Gasteiger partial charge in [0.15, 0.2) is 5.82 Å². The second kappa shape index (κ2) is 12.3. The molecule has 0 unspecified atom stereocenters. The van der Waals surface area contributed by atoms with Crippen molar-refractivity contribution in [3.05, 3.63) is 76.5 Å². The Morgan fingerprint density at radius 1 is 1.00 bits per heavy atom. The van der Waals surface area contributed by atoms with E-state index in [-0.39, 0.29) is 23.9 Å². The van der Waals surface area contributed by atoms with Gasteiger partial charge in [0.05, 0.1) is 29.6 Å². The Balaban J connectivity index is 0.000000364. The molecule has 1 N–H and O–H groups in total. The molecule has 4 aromatic heterocycles. The number of halogens is 2. The molecule has 4 aromatic rings. The fourth-order valence-electron chi connectivity index (χ4n) is 3.89. The van der Waals surface area contributed by atoms with Crippen LogP contribution in [0.4, 0.5) is 20.3 Å². The quantitative estimate of drug-likeness (QED) is 0.256. The fraction of sp³-hybridized carbons (Fsp3) is 0.360. The highest BCUT2D eigenvalue weighted by Crippen LogP contribution is 2.26. The molecule has 0 saturated carbocycles.